The summed E-state index contributed by atoms with van der Waals surface area (Å²) in [5, 5.41) is 3.44. The van der Waals surface area contributed by atoms with Crippen LogP contribution in [0.1, 0.15) is 32.0 Å². The Hall–Kier alpha value is -1.36. The molecule has 5 heteroatoms. The second kappa shape index (κ2) is 6.70. The van der Waals surface area contributed by atoms with Gasteiger partial charge in [-0.3, -0.25) is 4.79 Å². The van der Waals surface area contributed by atoms with E-state index in [1.54, 1.807) is 6.07 Å². The van der Waals surface area contributed by atoms with Crippen molar-refractivity contribution in [3.8, 4) is 0 Å². The fourth-order valence-electron chi connectivity index (χ4n) is 2.69. The third-order valence-corrected chi connectivity index (χ3v) is 3.54. The molecule has 1 aliphatic rings. The molecule has 1 aromatic heterocycles. The molecule has 2 N–H and O–H groups in total. The first kappa shape index (κ1) is 14.1. The van der Waals surface area contributed by atoms with Crippen LogP contribution in [0.3, 0.4) is 0 Å². The molecule has 5 nitrogen and oxygen atoms in total. The maximum Gasteiger partial charge on any atom is 0.252 e. The molecule has 2 rings (SSSR count). The number of anilines is 1. The summed E-state index contributed by atoms with van der Waals surface area (Å²) >= 11 is 0. The molecule has 1 unspecified atom stereocenters. The fourth-order valence-corrected chi connectivity index (χ4v) is 2.69. The van der Waals surface area contributed by atoms with Crippen molar-refractivity contribution in [3.63, 3.8) is 0 Å². The highest BCUT2D eigenvalue weighted by molar-refractivity contribution is 5.37. The molecule has 0 aromatic carbocycles. The van der Waals surface area contributed by atoms with Crippen molar-refractivity contribution in [2.45, 2.75) is 33.1 Å². The molecule has 19 heavy (non-hydrogen) atoms. The van der Waals surface area contributed by atoms with Gasteiger partial charge in [0.15, 0.2) is 0 Å². The Morgan fingerprint density at radius 3 is 3.00 bits per heavy atom. The van der Waals surface area contributed by atoms with E-state index in [-0.39, 0.29) is 5.56 Å². The lowest BCUT2D eigenvalue weighted by Crippen LogP contribution is -2.39. The number of H-pyrrole nitrogens is 1. The Balaban J connectivity index is 2.11. The molecule has 1 aromatic rings. The molecule has 1 saturated heterocycles. The standard InChI is InChI=1S/C14H24N4O/c1-3-7-18(10-12-5-4-6-15-9-12)13-8-14(19)17-11(2)16-13/h8,12,15H,3-7,9-10H2,1-2H3,(H,16,17,19). The highest BCUT2D eigenvalue weighted by Crippen LogP contribution is 2.16. The lowest BCUT2D eigenvalue weighted by molar-refractivity contribution is 0.376. The molecule has 1 atom stereocenters. The van der Waals surface area contributed by atoms with Crippen LogP contribution in [0.5, 0.6) is 0 Å². The van der Waals surface area contributed by atoms with Gasteiger partial charge in [-0.25, -0.2) is 4.98 Å². The van der Waals surface area contributed by atoms with E-state index in [1.165, 1.54) is 12.8 Å². The number of nitrogens with zero attached hydrogens (tertiary/aromatic N) is 2. The van der Waals surface area contributed by atoms with Crippen LogP contribution in [0.25, 0.3) is 0 Å². The largest absolute Gasteiger partial charge is 0.356 e. The third-order valence-electron chi connectivity index (χ3n) is 3.54. The normalized spacial score (nSPS) is 19.4. The Bertz CT molecular complexity index is 451. The number of rotatable bonds is 5. The van der Waals surface area contributed by atoms with E-state index in [1.807, 2.05) is 6.92 Å². The van der Waals surface area contributed by atoms with Crippen molar-refractivity contribution in [1.29, 1.82) is 0 Å². The first-order valence-electron chi connectivity index (χ1n) is 7.22. The highest BCUT2D eigenvalue weighted by atomic mass is 16.1. The first-order valence-corrected chi connectivity index (χ1v) is 7.22. The lowest BCUT2D eigenvalue weighted by atomic mass is 9.99. The predicted molar refractivity (Wildman–Crippen MR) is 77.7 cm³/mol. The van der Waals surface area contributed by atoms with Gasteiger partial charge in [0.05, 0.1) is 0 Å². The number of hydrogen-bond acceptors (Lipinski definition) is 4. The summed E-state index contributed by atoms with van der Waals surface area (Å²) in [6, 6.07) is 1.61. The van der Waals surface area contributed by atoms with Gasteiger partial charge in [-0.15, -0.1) is 0 Å². The summed E-state index contributed by atoms with van der Waals surface area (Å²) in [6.45, 7) is 8.13. The van der Waals surface area contributed by atoms with Crippen LogP contribution in [0, 0.1) is 12.8 Å². The maximum atomic E-state index is 11.6. The quantitative estimate of drug-likeness (QED) is 0.841. The van der Waals surface area contributed by atoms with Gasteiger partial charge in [0.25, 0.3) is 5.56 Å². The molecule has 0 saturated carbocycles. The van der Waals surface area contributed by atoms with Crippen LogP contribution < -0.4 is 15.8 Å². The molecule has 0 aliphatic carbocycles. The van der Waals surface area contributed by atoms with E-state index in [9.17, 15) is 4.79 Å². The second-order valence-corrected chi connectivity index (χ2v) is 5.35. The van der Waals surface area contributed by atoms with Crippen LogP contribution in [-0.4, -0.2) is 36.1 Å². The zero-order valence-corrected chi connectivity index (χ0v) is 11.9. The highest BCUT2D eigenvalue weighted by Gasteiger charge is 2.18. The zero-order valence-electron chi connectivity index (χ0n) is 11.9. The SMILES string of the molecule is CCCN(CC1CCCNC1)c1cc(=O)[nH]c(C)n1. The summed E-state index contributed by atoms with van der Waals surface area (Å²) in [7, 11) is 0. The lowest BCUT2D eigenvalue weighted by Gasteiger charge is -2.30. The van der Waals surface area contributed by atoms with Gasteiger partial charge in [0.1, 0.15) is 11.6 Å². The summed E-state index contributed by atoms with van der Waals surface area (Å²) < 4.78 is 0. The number of nitrogens with one attached hydrogen (secondary N) is 2. The molecular weight excluding hydrogens is 240 g/mol. The topological polar surface area (TPSA) is 61.0 Å². The van der Waals surface area contributed by atoms with Crippen molar-refractivity contribution in [3.05, 3.63) is 22.2 Å². The van der Waals surface area contributed by atoms with Gasteiger partial charge in [-0.1, -0.05) is 6.92 Å². The zero-order chi connectivity index (χ0) is 13.7. The molecule has 0 spiro atoms. The van der Waals surface area contributed by atoms with Gasteiger partial charge < -0.3 is 15.2 Å². The average Bonchev–Trinajstić information content (AvgIpc) is 2.38. The van der Waals surface area contributed by atoms with Crippen LogP contribution in [0.4, 0.5) is 5.82 Å². The number of aromatic nitrogens is 2. The van der Waals surface area contributed by atoms with Gasteiger partial charge in [0.2, 0.25) is 0 Å². The smallest absolute Gasteiger partial charge is 0.252 e. The second-order valence-electron chi connectivity index (χ2n) is 5.35. The Morgan fingerprint density at radius 1 is 1.53 bits per heavy atom. The van der Waals surface area contributed by atoms with E-state index in [0.29, 0.717) is 11.7 Å². The fraction of sp³-hybridized carbons (Fsp3) is 0.714. The minimum absolute atomic E-state index is 0.0645. The maximum absolute atomic E-state index is 11.6. The molecule has 106 valence electrons. The van der Waals surface area contributed by atoms with Crippen molar-refractivity contribution in [1.82, 2.24) is 15.3 Å². The van der Waals surface area contributed by atoms with E-state index in [4.69, 9.17) is 0 Å². The number of aryl methyl sites for hydroxylation is 1. The van der Waals surface area contributed by atoms with Crippen molar-refractivity contribution in [2.75, 3.05) is 31.1 Å². The molecule has 0 bridgehead atoms. The summed E-state index contributed by atoms with van der Waals surface area (Å²) in [5.74, 6) is 2.15. The molecule has 1 fully saturated rings. The van der Waals surface area contributed by atoms with Gasteiger partial charge in [-0.2, -0.15) is 0 Å². The van der Waals surface area contributed by atoms with Crippen LogP contribution in [0.2, 0.25) is 0 Å². The van der Waals surface area contributed by atoms with Gasteiger partial charge >= 0.3 is 0 Å². The van der Waals surface area contributed by atoms with Crippen LogP contribution >= 0.6 is 0 Å². The van der Waals surface area contributed by atoms with Crippen LogP contribution in [0.15, 0.2) is 10.9 Å². The summed E-state index contributed by atoms with van der Waals surface area (Å²) in [5.41, 5.74) is -0.0645. The number of piperidine rings is 1. The van der Waals surface area contributed by atoms with Crippen LogP contribution in [-0.2, 0) is 0 Å². The van der Waals surface area contributed by atoms with Crippen molar-refractivity contribution >= 4 is 5.82 Å². The molecule has 1 aliphatic heterocycles. The molecule has 0 radical (unpaired) electrons. The first-order chi connectivity index (χ1) is 9.19. The van der Waals surface area contributed by atoms with E-state index >= 15 is 0 Å². The summed E-state index contributed by atoms with van der Waals surface area (Å²) in [6.07, 6.45) is 3.57. The van der Waals surface area contributed by atoms with Crippen molar-refractivity contribution in [2.24, 2.45) is 5.92 Å². The minimum atomic E-state index is -0.0645. The Labute approximate surface area is 114 Å². The monoisotopic (exact) mass is 264 g/mol. The van der Waals surface area contributed by atoms with E-state index in [2.05, 4.69) is 27.1 Å². The molecular formula is C14H24N4O. The Kier molecular flexibility index (Phi) is 4.96. The van der Waals surface area contributed by atoms with E-state index in [0.717, 1.165) is 38.4 Å². The van der Waals surface area contributed by atoms with Gasteiger partial charge in [0, 0.05) is 19.2 Å². The number of hydrogen-bond donors (Lipinski definition) is 2. The molecule has 0 amide bonds. The predicted octanol–water partition coefficient (Wildman–Crippen LogP) is 1.29. The van der Waals surface area contributed by atoms with Crippen molar-refractivity contribution < 1.29 is 0 Å². The van der Waals surface area contributed by atoms with E-state index < -0.39 is 0 Å². The minimum Gasteiger partial charge on any atom is -0.356 e. The Morgan fingerprint density at radius 2 is 2.37 bits per heavy atom. The third kappa shape index (κ3) is 4.06. The molecule has 2 heterocycles. The average molecular weight is 264 g/mol. The summed E-state index contributed by atoms with van der Waals surface area (Å²) in [4.78, 5) is 21.0. The number of aromatic amines is 1. The van der Waals surface area contributed by atoms with Gasteiger partial charge in [-0.05, 0) is 45.2 Å².